The first-order valence-electron chi connectivity index (χ1n) is 12.3. The maximum atomic E-state index is 12.2. The Labute approximate surface area is 209 Å². The fourth-order valence-electron chi connectivity index (χ4n) is 4.66. The molecule has 9 nitrogen and oxygen atoms in total. The molecular weight excluding hydrogens is 464 g/mol. The van der Waals surface area contributed by atoms with Gasteiger partial charge in [-0.2, -0.15) is 0 Å². The summed E-state index contributed by atoms with van der Waals surface area (Å²) in [6, 6.07) is 8.18. The van der Waals surface area contributed by atoms with Gasteiger partial charge in [0.15, 0.2) is 18.1 Å². The van der Waals surface area contributed by atoms with Gasteiger partial charge in [0.05, 0.1) is 17.9 Å². The summed E-state index contributed by atoms with van der Waals surface area (Å²) in [5.74, 6) is -2.14. The first kappa shape index (κ1) is 25.5. The number of aliphatic carboxylic acids is 1. The predicted octanol–water partition coefficient (Wildman–Crippen LogP) is 4.36. The molecule has 0 radical (unpaired) electrons. The lowest BCUT2D eigenvalue weighted by molar-refractivity contribution is -0.145. The SMILES string of the molecule is CC(C)(C)c1oc(=O)oc1COC(=O)CCCC[C@@H](Cc1ncn2c1CCc1ccccc1-2)C(=O)O. The second kappa shape index (κ2) is 10.6. The highest BCUT2D eigenvalue weighted by atomic mass is 16.6. The van der Waals surface area contributed by atoms with E-state index in [-0.39, 0.29) is 18.8 Å². The van der Waals surface area contributed by atoms with E-state index in [0.29, 0.717) is 31.4 Å². The second-order valence-electron chi connectivity index (χ2n) is 10.2. The Morgan fingerprint density at radius 2 is 1.94 bits per heavy atom. The number of aromatic nitrogens is 2. The minimum absolute atomic E-state index is 0.149. The van der Waals surface area contributed by atoms with Crippen LogP contribution in [0, 0.1) is 5.92 Å². The molecule has 0 spiro atoms. The number of rotatable bonds is 10. The molecule has 1 aromatic carbocycles. The van der Waals surface area contributed by atoms with Crippen molar-refractivity contribution in [2.24, 2.45) is 5.92 Å². The molecule has 0 aliphatic carbocycles. The fourth-order valence-corrected chi connectivity index (χ4v) is 4.66. The number of hydrogen-bond donors (Lipinski definition) is 1. The number of benzene rings is 1. The molecule has 36 heavy (non-hydrogen) atoms. The summed E-state index contributed by atoms with van der Waals surface area (Å²) in [4.78, 5) is 40.1. The van der Waals surface area contributed by atoms with Crippen molar-refractivity contribution in [3.8, 4) is 5.69 Å². The van der Waals surface area contributed by atoms with Gasteiger partial charge in [0, 0.05) is 29.6 Å². The van der Waals surface area contributed by atoms with Crippen LogP contribution in [0.4, 0.5) is 0 Å². The van der Waals surface area contributed by atoms with Gasteiger partial charge in [0.1, 0.15) is 0 Å². The maximum Gasteiger partial charge on any atom is 0.519 e. The lowest BCUT2D eigenvalue weighted by Crippen LogP contribution is -2.19. The summed E-state index contributed by atoms with van der Waals surface area (Å²) < 4.78 is 17.4. The molecule has 4 rings (SSSR count). The number of esters is 1. The van der Waals surface area contributed by atoms with Crippen LogP contribution < -0.4 is 5.82 Å². The van der Waals surface area contributed by atoms with Gasteiger partial charge in [-0.25, -0.2) is 9.78 Å². The summed E-state index contributed by atoms with van der Waals surface area (Å²) in [5, 5.41) is 9.78. The van der Waals surface area contributed by atoms with Crippen LogP contribution in [0.2, 0.25) is 0 Å². The number of nitrogens with zero attached hydrogens (tertiary/aromatic N) is 2. The van der Waals surface area contributed by atoms with Crippen molar-refractivity contribution in [3.63, 3.8) is 0 Å². The van der Waals surface area contributed by atoms with Gasteiger partial charge in [-0.05, 0) is 37.3 Å². The third kappa shape index (κ3) is 5.78. The molecule has 192 valence electrons. The molecule has 0 fully saturated rings. The summed E-state index contributed by atoms with van der Waals surface area (Å²) in [5.41, 5.74) is 3.81. The van der Waals surface area contributed by atoms with E-state index in [9.17, 15) is 19.5 Å². The smallest absolute Gasteiger partial charge is 0.481 e. The van der Waals surface area contributed by atoms with Crippen LogP contribution in [0.25, 0.3) is 5.69 Å². The van der Waals surface area contributed by atoms with Gasteiger partial charge in [-0.3, -0.25) is 9.59 Å². The number of fused-ring (bicyclic) bond motifs is 3. The standard InChI is InChI=1S/C27H32N2O7/c1-27(2,3)24-22(35-26(33)36-24)15-34-23(30)11-7-5-9-18(25(31)32)14-19-21-13-12-17-8-4-6-10-20(17)29(21)16-28-19/h4,6,8,10,16,18H,5,7,9,11-15H2,1-3H3,(H,31,32)/t18-/m0/s1. The van der Waals surface area contributed by atoms with E-state index in [1.165, 1.54) is 5.56 Å². The largest absolute Gasteiger partial charge is 0.519 e. The molecule has 0 amide bonds. The minimum atomic E-state index is -0.861. The zero-order valence-electron chi connectivity index (χ0n) is 20.9. The molecule has 1 atom stereocenters. The van der Waals surface area contributed by atoms with Crippen LogP contribution >= 0.6 is 0 Å². The van der Waals surface area contributed by atoms with Crippen molar-refractivity contribution in [1.29, 1.82) is 0 Å². The third-order valence-electron chi connectivity index (χ3n) is 6.50. The zero-order chi connectivity index (χ0) is 25.9. The fraction of sp³-hybridized carbons (Fsp3) is 0.481. The van der Waals surface area contributed by atoms with Crippen molar-refractivity contribution in [2.45, 2.75) is 77.7 Å². The van der Waals surface area contributed by atoms with Gasteiger partial charge in [-0.1, -0.05) is 45.4 Å². The van der Waals surface area contributed by atoms with E-state index >= 15 is 0 Å². The lowest BCUT2D eigenvalue weighted by atomic mass is 9.92. The number of aryl methyl sites for hydroxylation is 1. The minimum Gasteiger partial charge on any atom is -0.481 e. The molecule has 3 heterocycles. The molecule has 9 heteroatoms. The number of carboxylic acids is 1. The quantitative estimate of drug-likeness (QED) is 0.324. The van der Waals surface area contributed by atoms with E-state index in [2.05, 4.69) is 21.7 Å². The Balaban J connectivity index is 1.27. The monoisotopic (exact) mass is 496 g/mol. The van der Waals surface area contributed by atoms with Crippen molar-refractivity contribution in [3.05, 3.63) is 69.7 Å². The number of para-hydroxylation sites is 1. The zero-order valence-corrected chi connectivity index (χ0v) is 20.9. The van der Waals surface area contributed by atoms with Crippen LogP contribution in [-0.2, 0) is 45.6 Å². The van der Waals surface area contributed by atoms with Crippen molar-refractivity contribution >= 4 is 11.9 Å². The molecule has 1 aliphatic rings. The second-order valence-corrected chi connectivity index (χ2v) is 10.2. The van der Waals surface area contributed by atoms with Gasteiger partial charge < -0.3 is 23.2 Å². The van der Waals surface area contributed by atoms with Crippen LogP contribution in [-0.4, -0.2) is 26.6 Å². The topological polar surface area (TPSA) is 125 Å². The van der Waals surface area contributed by atoms with E-state index < -0.39 is 29.1 Å². The highest BCUT2D eigenvalue weighted by Crippen LogP contribution is 2.28. The number of carbonyl (C=O) groups is 2. The molecular formula is C27H32N2O7. The highest BCUT2D eigenvalue weighted by Gasteiger charge is 2.27. The first-order chi connectivity index (χ1) is 17.1. The molecule has 1 aliphatic heterocycles. The molecule has 0 unspecified atom stereocenters. The van der Waals surface area contributed by atoms with Crippen molar-refractivity contribution in [1.82, 2.24) is 9.55 Å². The van der Waals surface area contributed by atoms with Gasteiger partial charge >= 0.3 is 17.8 Å². The van der Waals surface area contributed by atoms with Gasteiger partial charge in [0.2, 0.25) is 0 Å². The Bertz CT molecular complexity index is 1290. The van der Waals surface area contributed by atoms with Crippen LogP contribution in [0.5, 0.6) is 0 Å². The molecule has 0 saturated heterocycles. The number of unbranched alkanes of at least 4 members (excludes halogenated alkanes) is 1. The van der Waals surface area contributed by atoms with Crippen LogP contribution in [0.3, 0.4) is 0 Å². The number of imidazole rings is 1. The number of carbonyl (C=O) groups excluding carboxylic acids is 1. The summed E-state index contributed by atoms with van der Waals surface area (Å²) in [7, 11) is 0. The van der Waals surface area contributed by atoms with E-state index in [0.717, 1.165) is 29.9 Å². The molecule has 1 N–H and O–H groups in total. The Morgan fingerprint density at radius 3 is 2.69 bits per heavy atom. The van der Waals surface area contributed by atoms with E-state index in [4.69, 9.17) is 13.6 Å². The van der Waals surface area contributed by atoms with Crippen LogP contribution in [0.15, 0.2) is 44.2 Å². The number of hydrogen-bond acceptors (Lipinski definition) is 7. The summed E-state index contributed by atoms with van der Waals surface area (Å²) >= 11 is 0. The molecule has 3 aromatic rings. The average molecular weight is 497 g/mol. The van der Waals surface area contributed by atoms with E-state index in [1.807, 2.05) is 32.9 Å². The van der Waals surface area contributed by atoms with Gasteiger partial charge in [0.25, 0.3) is 0 Å². The average Bonchev–Trinajstić information content (AvgIpc) is 3.42. The Kier molecular flexibility index (Phi) is 7.47. The predicted molar refractivity (Wildman–Crippen MR) is 130 cm³/mol. The normalized spacial score (nSPS) is 13.6. The lowest BCUT2D eigenvalue weighted by Gasteiger charge is -2.20. The first-order valence-corrected chi connectivity index (χ1v) is 12.3. The Morgan fingerprint density at radius 1 is 1.17 bits per heavy atom. The van der Waals surface area contributed by atoms with Crippen LogP contribution in [0.1, 0.15) is 74.9 Å². The molecule has 0 saturated carbocycles. The van der Waals surface area contributed by atoms with Gasteiger partial charge in [-0.15, -0.1) is 0 Å². The summed E-state index contributed by atoms with van der Waals surface area (Å²) in [6.07, 6.45) is 5.54. The maximum absolute atomic E-state index is 12.2. The third-order valence-corrected chi connectivity index (χ3v) is 6.50. The number of carboxylic acid groups (broad SMARTS) is 1. The Hall–Kier alpha value is -3.62. The number of ether oxygens (including phenoxy) is 1. The molecule has 2 aromatic heterocycles. The molecule has 0 bridgehead atoms. The van der Waals surface area contributed by atoms with Crippen molar-refractivity contribution in [2.75, 3.05) is 0 Å². The summed E-state index contributed by atoms with van der Waals surface area (Å²) in [6.45, 7) is 5.42. The van der Waals surface area contributed by atoms with E-state index in [1.54, 1.807) is 6.33 Å². The van der Waals surface area contributed by atoms with Crippen molar-refractivity contribution < 1.29 is 28.3 Å². The highest BCUT2D eigenvalue weighted by molar-refractivity contribution is 5.70.